The fourth-order valence-electron chi connectivity index (χ4n) is 1.88. The molecule has 0 fully saturated rings. The van der Waals surface area contributed by atoms with Gasteiger partial charge in [0.25, 0.3) is 5.91 Å². The first-order chi connectivity index (χ1) is 10.8. The number of nitrogens with one attached hydrogen (secondary N) is 1. The van der Waals surface area contributed by atoms with Crippen LogP contribution in [-0.2, 0) is 4.79 Å². The second-order valence-electron chi connectivity index (χ2n) is 5.45. The molecule has 1 rings (SSSR count). The Kier molecular flexibility index (Phi) is 6.56. The maximum absolute atomic E-state index is 12.1. The topological polar surface area (TPSA) is 90.0 Å². The van der Waals surface area contributed by atoms with E-state index in [0.29, 0.717) is 17.8 Å². The highest BCUT2D eigenvalue weighted by molar-refractivity contribution is 5.96. The van der Waals surface area contributed by atoms with Crippen LogP contribution in [0.25, 0.3) is 0 Å². The number of carboxylic acids is 1. The number of urea groups is 1. The van der Waals surface area contributed by atoms with Crippen molar-refractivity contribution in [2.45, 2.75) is 13.8 Å². The zero-order valence-electron chi connectivity index (χ0n) is 13.9. The van der Waals surface area contributed by atoms with Gasteiger partial charge in [-0.2, -0.15) is 0 Å². The summed E-state index contributed by atoms with van der Waals surface area (Å²) in [5.74, 6) is -1.74. The lowest BCUT2D eigenvalue weighted by Crippen LogP contribution is -2.36. The lowest BCUT2D eigenvalue weighted by molar-refractivity contribution is -0.141. The number of aliphatic carboxylic acids is 1. The molecule has 0 heterocycles. The molecule has 7 nitrogen and oxygen atoms in total. The van der Waals surface area contributed by atoms with Crippen molar-refractivity contribution in [3.63, 3.8) is 0 Å². The molecular formula is C16H23N3O4. The van der Waals surface area contributed by atoms with Crippen LogP contribution < -0.4 is 5.32 Å². The average molecular weight is 321 g/mol. The van der Waals surface area contributed by atoms with Gasteiger partial charge in [0.2, 0.25) is 0 Å². The van der Waals surface area contributed by atoms with Crippen molar-refractivity contribution >= 4 is 23.6 Å². The van der Waals surface area contributed by atoms with E-state index in [1.807, 2.05) is 6.92 Å². The fraction of sp³-hybridized carbons (Fsp3) is 0.438. The molecule has 1 atom stereocenters. The highest BCUT2D eigenvalue weighted by atomic mass is 16.4. The van der Waals surface area contributed by atoms with Crippen LogP contribution >= 0.6 is 0 Å². The molecular weight excluding hydrogens is 298 g/mol. The monoisotopic (exact) mass is 321 g/mol. The summed E-state index contributed by atoms with van der Waals surface area (Å²) in [5, 5.41) is 11.5. The molecule has 126 valence electrons. The number of benzene rings is 1. The minimum Gasteiger partial charge on any atom is -0.481 e. The summed E-state index contributed by atoms with van der Waals surface area (Å²) in [6, 6.07) is 6.22. The van der Waals surface area contributed by atoms with E-state index < -0.39 is 17.9 Å². The Balaban J connectivity index is 2.75. The Morgan fingerprint density at radius 3 is 2.43 bits per heavy atom. The van der Waals surface area contributed by atoms with Crippen LogP contribution in [0, 0.1) is 5.92 Å². The minimum atomic E-state index is -0.958. The van der Waals surface area contributed by atoms with Gasteiger partial charge in [0.1, 0.15) is 0 Å². The summed E-state index contributed by atoms with van der Waals surface area (Å²) in [6.45, 7) is 4.09. The Hall–Kier alpha value is -2.57. The van der Waals surface area contributed by atoms with Crippen LogP contribution in [-0.4, -0.2) is 60.0 Å². The third kappa shape index (κ3) is 5.28. The third-order valence-corrected chi connectivity index (χ3v) is 3.50. The average Bonchev–Trinajstić information content (AvgIpc) is 2.53. The number of anilines is 1. The van der Waals surface area contributed by atoms with Crippen LogP contribution in [0.3, 0.4) is 0 Å². The van der Waals surface area contributed by atoms with Gasteiger partial charge in [-0.05, 0) is 25.1 Å². The molecule has 0 aliphatic rings. The maximum Gasteiger partial charge on any atom is 0.321 e. The number of amides is 3. The Morgan fingerprint density at radius 1 is 1.22 bits per heavy atom. The third-order valence-electron chi connectivity index (χ3n) is 3.50. The molecule has 23 heavy (non-hydrogen) atoms. The predicted octanol–water partition coefficient (Wildman–Crippen LogP) is 1.96. The normalized spacial score (nSPS) is 11.5. The zero-order valence-corrected chi connectivity index (χ0v) is 13.9. The second-order valence-corrected chi connectivity index (χ2v) is 5.45. The van der Waals surface area contributed by atoms with Crippen molar-refractivity contribution in [2.75, 3.05) is 32.5 Å². The summed E-state index contributed by atoms with van der Waals surface area (Å²) < 4.78 is 0. The quantitative estimate of drug-likeness (QED) is 0.838. The molecule has 0 saturated heterocycles. The highest BCUT2D eigenvalue weighted by Gasteiger charge is 2.18. The smallest absolute Gasteiger partial charge is 0.321 e. The van der Waals surface area contributed by atoms with Crippen LogP contribution in [0.1, 0.15) is 24.2 Å². The van der Waals surface area contributed by atoms with Gasteiger partial charge in [-0.25, -0.2) is 4.79 Å². The van der Waals surface area contributed by atoms with Crippen molar-refractivity contribution in [2.24, 2.45) is 5.92 Å². The Labute approximate surface area is 135 Å². The van der Waals surface area contributed by atoms with E-state index in [1.165, 1.54) is 18.9 Å². The number of hydrogen-bond donors (Lipinski definition) is 2. The molecule has 0 aromatic heterocycles. The highest BCUT2D eigenvalue weighted by Crippen LogP contribution is 2.13. The minimum absolute atomic E-state index is 0.0956. The van der Waals surface area contributed by atoms with E-state index in [2.05, 4.69) is 5.32 Å². The van der Waals surface area contributed by atoms with E-state index in [1.54, 1.807) is 36.2 Å². The Morgan fingerprint density at radius 2 is 1.87 bits per heavy atom. The molecule has 1 unspecified atom stereocenters. The van der Waals surface area contributed by atoms with Crippen molar-refractivity contribution < 1.29 is 19.5 Å². The van der Waals surface area contributed by atoms with Crippen LogP contribution in [0.4, 0.5) is 10.5 Å². The van der Waals surface area contributed by atoms with Crippen molar-refractivity contribution in [1.82, 2.24) is 9.80 Å². The largest absolute Gasteiger partial charge is 0.481 e. The summed E-state index contributed by atoms with van der Waals surface area (Å²) in [5.41, 5.74) is 0.967. The van der Waals surface area contributed by atoms with Crippen molar-refractivity contribution in [3.05, 3.63) is 29.8 Å². The first-order valence-electron chi connectivity index (χ1n) is 7.36. The lowest BCUT2D eigenvalue weighted by atomic mass is 10.1. The van der Waals surface area contributed by atoms with E-state index in [0.717, 1.165) is 0 Å². The number of hydrogen-bond acceptors (Lipinski definition) is 3. The summed E-state index contributed by atoms with van der Waals surface area (Å²) >= 11 is 0. The molecule has 1 aromatic carbocycles. The van der Waals surface area contributed by atoms with Crippen LogP contribution in [0.15, 0.2) is 24.3 Å². The molecule has 0 radical (unpaired) electrons. The van der Waals surface area contributed by atoms with Crippen molar-refractivity contribution in [3.8, 4) is 0 Å². The van der Waals surface area contributed by atoms with E-state index in [9.17, 15) is 14.4 Å². The SMILES string of the molecule is CCN(C)C(=O)c1cccc(NC(=O)N(C)CC(C)C(=O)O)c1. The molecule has 2 N–H and O–H groups in total. The van der Waals surface area contributed by atoms with E-state index >= 15 is 0 Å². The van der Waals surface area contributed by atoms with Gasteiger partial charge in [-0.1, -0.05) is 13.0 Å². The molecule has 0 spiro atoms. The van der Waals surface area contributed by atoms with Crippen molar-refractivity contribution in [1.29, 1.82) is 0 Å². The van der Waals surface area contributed by atoms with Gasteiger partial charge in [-0.3, -0.25) is 9.59 Å². The van der Waals surface area contributed by atoms with Gasteiger partial charge in [0, 0.05) is 38.4 Å². The van der Waals surface area contributed by atoms with Crippen LogP contribution in [0.2, 0.25) is 0 Å². The second kappa shape index (κ2) is 8.17. The van der Waals surface area contributed by atoms with Gasteiger partial charge >= 0.3 is 12.0 Å². The van der Waals surface area contributed by atoms with Crippen LogP contribution in [0.5, 0.6) is 0 Å². The standard InChI is InChI=1S/C16H23N3O4/c1-5-18(3)14(20)12-7-6-8-13(9-12)17-16(23)19(4)10-11(2)15(21)22/h6-9,11H,5,10H2,1-4H3,(H,17,23)(H,21,22). The Bertz CT molecular complexity index is 588. The van der Waals surface area contributed by atoms with Gasteiger partial charge in [0.15, 0.2) is 0 Å². The molecule has 7 heteroatoms. The van der Waals surface area contributed by atoms with E-state index in [4.69, 9.17) is 5.11 Å². The van der Waals surface area contributed by atoms with Gasteiger partial charge in [-0.15, -0.1) is 0 Å². The lowest BCUT2D eigenvalue weighted by Gasteiger charge is -2.20. The predicted molar refractivity (Wildman–Crippen MR) is 87.5 cm³/mol. The number of carbonyl (C=O) groups excluding carboxylic acids is 2. The number of rotatable bonds is 6. The summed E-state index contributed by atoms with van der Waals surface area (Å²) in [4.78, 5) is 37.9. The molecule has 0 bridgehead atoms. The number of nitrogens with zero attached hydrogens (tertiary/aromatic N) is 2. The maximum atomic E-state index is 12.1. The fourth-order valence-corrected chi connectivity index (χ4v) is 1.88. The molecule has 0 saturated carbocycles. The first-order valence-corrected chi connectivity index (χ1v) is 7.36. The summed E-state index contributed by atoms with van der Waals surface area (Å²) in [6.07, 6.45) is 0. The van der Waals surface area contributed by atoms with Gasteiger partial charge in [0.05, 0.1) is 5.92 Å². The first kappa shape index (κ1) is 18.5. The molecule has 0 aliphatic carbocycles. The molecule has 3 amide bonds. The van der Waals surface area contributed by atoms with E-state index in [-0.39, 0.29) is 12.5 Å². The molecule has 0 aliphatic heterocycles. The molecule has 1 aromatic rings. The zero-order chi connectivity index (χ0) is 17.6. The summed E-state index contributed by atoms with van der Waals surface area (Å²) in [7, 11) is 3.23. The number of carboxylic acid groups (broad SMARTS) is 1. The van der Waals surface area contributed by atoms with Gasteiger partial charge < -0.3 is 20.2 Å². The number of carbonyl (C=O) groups is 3.